The predicted octanol–water partition coefficient (Wildman–Crippen LogP) is 0.399. The molecule has 0 unspecified atom stereocenters. The van der Waals surface area contributed by atoms with E-state index in [9.17, 15) is 13.2 Å². The smallest absolute Gasteiger partial charge is 0.328 e. The summed E-state index contributed by atoms with van der Waals surface area (Å²) in [6, 6.07) is 2.80. The molecule has 3 heterocycles. The highest BCUT2D eigenvalue weighted by molar-refractivity contribution is 7.89. The number of hydrogen-bond donors (Lipinski definition) is 2. The molecule has 0 aromatic carbocycles. The first kappa shape index (κ1) is 15.9. The van der Waals surface area contributed by atoms with Gasteiger partial charge in [0.1, 0.15) is 10.5 Å². The SMILES string of the molecule is O=C(O)C=Cc1ccc2c(n1)OC1(CCOCC1)CNS2(=O)=O. The molecule has 1 aromatic heterocycles. The van der Waals surface area contributed by atoms with Crippen LogP contribution in [0.3, 0.4) is 0 Å². The van der Waals surface area contributed by atoms with Crippen molar-refractivity contribution in [1.82, 2.24) is 9.71 Å². The van der Waals surface area contributed by atoms with Crippen LogP contribution in [0.4, 0.5) is 0 Å². The van der Waals surface area contributed by atoms with E-state index in [0.29, 0.717) is 31.7 Å². The van der Waals surface area contributed by atoms with E-state index < -0.39 is 21.6 Å². The number of pyridine rings is 1. The molecule has 1 fully saturated rings. The van der Waals surface area contributed by atoms with Gasteiger partial charge in [-0.25, -0.2) is 22.9 Å². The normalized spacial score (nSPS) is 22.3. The van der Waals surface area contributed by atoms with E-state index in [-0.39, 0.29) is 17.3 Å². The minimum absolute atomic E-state index is 0.00978. The molecule has 1 spiro atoms. The molecule has 2 N–H and O–H groups in total. The fourth-order valence-electron chi connectivity index (χ4n) is 2.54. The lowest BCUT2D eigenvalue weighted by Gasteiger charge is -2.35. The molecule has 9 heteroatoms. The third-order valence-electron chi connectivity index (χ3n) is 3.83. The fourth-order valence-corrected chi connectivity index (χ4v) is 3.71. The van der Waals surface area contributed by atoms with Crippen LogP contribution < -0.4 is 9.46 Å². The topological polar surface area (TPSA) is 115 Å². The molecule has 0 amide bonds. The van der Waals surface area contributed by atoms with Gasteiger partial charge < -0.3 is 14.6 Å². The summed E-state index contributed by atoms with van der Waals surface area (Å²) in [5.74, 6) is -1.12. The molecule has 0 aliphatic carbocycles. The first-order chi connectivity index (χ1) is 10.9. The first-order valence-corrected chi connectivity index (χ1v) is 8.57. The number of carboxylic acids is 1. The number of aromatic nitrogens is 1. The third kappa shape index (κ3) is 3.36. The quantitative estimate of drug-likeness (QED) is 0.749. The summed E-state index contributed by atoms with van der Waals surface area (Å²) in [5.41, 5.74) is -0.385. The maximum absolute atomic E-state index is 12.3. The van der Waals surface area contributed by atoms with Crippen molar-refractivity contribution in [1.29, 1.82) is 0 Å². The molecular weight excluding hydrogens is 324 g/mol. The molecule has 3 rings (SSSR count). The Morgan fingerprint density at radius 1 is 1.35 bits per heavy atom. The number of nitrogens with zero attached hydrogens (tertiary/aromatic N) is 1. The van der Waals surface area contributed by atoms with Crippen molar-refractivity contribution in [2.24, 2.45) is 0 Å². The zero-order valence-corrected chi connectivity index (χ0v) is 13.0. The van der Waals surface area contributed by atoms with Gasteiger partial charge in [-0.05, 0) is 18.2 Å². The van der Waals surface area contributed by atoms with Crippen molar-refractivity contribution in [3.63, 3.8) is 0 Å². The van der Waals surface area contributed by atoms with Crippen molar-refractivity contribution in [3.8, 4) is 5.88 Å². The highest BCUT2D eigenvalue weighted by Gasteiger charge is 2.41. The Labute approximate surface area is 133 Å². The van der Waals surface area contributed by atoms with Crippen LogP contribution in [0.25, 0.3) is 6.08 Å². The molecule has 124 valence electrons. The molecule has 0 radical (unpaired) electrons. The molecule has 2 aliphatic heterocycles. The average molecular weight is 340 g/mol. The zero-order chi connectivity index (χ0) is 16.5. The number of hydrogen-bond acceptors (Lipinski definition) is 6. The molecule has 0 atom stereocenters. The van der Waals surface area contributed by atoms with Crippen molar-refractivity contribution in [2.75, 3.05) is 19.8 Å². The Hall–Kier alpha value is -1.97. The molecule has 1 aromatic rings. The van der Waals surface area contributed by atoms with E-state index in [1.54, 1.807) is 0 Å². The lowest BCUT2D eigenvalue weighted by atomic mass is 9.94. The minimum Gasteiger partial charge on any atom is -0.478 e. The zero-order valence-electron chi connectivity index (χ0n) is 12.2. The monoisotopic (exact) mass is 340 g/mol. The van der Waals surface area contributed by atoms with Crippen LogP contribution in [0.15, 0.2) is 23.1 Å². The molecule has 23 heavy (non-hydrogen) atoms. The second-order valence-electron chi connectivity index (χ2n) is 5.43. The first-order valence-electron chi connectivity index (χ1n) is 7.09. The number of nitrogens with one attached hydrogen (secondary N) is 1. The van der Waals surface area contributed by atoms with E-state index in [2.05, 4.69) is 9.71 Å². The minimum atomic E-state index is -3.72. The average Bonchev–Trinajstić information content (AvgIpc) is 2.61. The van der Waals surface area contributed by atoms with E-state index in [4.69, 9.17) is 14.6 Å². The van der Waals surface area contributed by atoms with Crippen molar-refractivity contribution in [3.05, 3.63) is 23.9 Å². The van der Waals surface area contributed by atoms with Crippen molar-refractivity contribution in [2.45, 2.75) is 23.3 Å². The molecule has 8 nitrogen and oxygen atoms in total. The highest BCUT2D eigenvalue weighted by Crippen LogP contribution is 2.33. The van der Waals surface area contributed by atoms with Gasteiger partial charge in [-0.2, -0.15) is 0 Å². The Kier molecular flexibility index (Phi) is 4.09. The summed E-state index contributed by atoms with van der Waals surface area (Å²) >= 11 is 0. The van der Waals surface area contributed by atoms with E-state index in [0.717, 1.165) is 6.08 Å². The summed E-state index contributed by atoms with van der Waals surface area (Å²) in [7, 11) is -3.72. The maximum atomic E-state index is 12.3. The summed E-state index contributed by atoms with van der Waals surface area (Å²) in [6.45, 7) is 1.11. The van der Waals surface area contributed by atoms with Gasteiger partial charge in [-0.1, -0.05) is 0 Å². The van der Waals surface area contributed by atoms with Crippen LogP contribution in [0.1, 0.15) is 18.5 Å². The lowest BCUT2D eigenvalue weighted by Crippen LogP contribution is -2.49. The van der Waals surface area contributed by atoms with Crippen LogP contribution in [0.5, 0.6) is 5.88 Å². The number of sulfonamides is 1. The second kappa shape index (κ2) is 5.91. The van der Waals surface area contributed by atoms with Crippen LogP contribution in [0.2, 0.25) is 0 Å². The van der Waals surface area contributed by atoms with Gasteiger partial charge in [-0.3, -0.25) is 0 Å². The predicted molar refractivity (Wildman–Crippen MR) is 79.5 cm³/mol. The van der Waals surface area contributed by atoms with Crippen LogP contribution >= 0.6 is 0 Å². The third-order valence-corrected chi connectivity index (χ3v) is 5.25. The highest BCUT2D eigenvalue weighted by atomic mass is 32.2. The largest absolute Gasteiger partial charge is 0.478 e. The summed E-state index contributed by atoms with van der Waals surface area (Å²) < 4.78 is 38.5. The van der Waals surface area contributed by atoms with Gasteiger partial charge in [-0.15, -0.1) is 0 Å². The van der Waals surface area contributed by atoms with Crippen LogP contribution in [-0.2, 0) is 19.6 Å². The standard InChI is InChI=1S/C14H16N2O6S/c17-12(18)4-2-10-1-3-11-13(16-10)22-14(5-7-21-8-6-14)9-15-23(11,19)20/h1-4,15H,5-9H2,(H,17,18). The van der Waals surface area contributed by atoms with Crippen LogP contribution in [-0.4, -0.2) is 49.8 Å². The number of aliphatic carboxylic acids is 1. The van der Waals surface area contributed by atoms with Crippen molar-refractivity contribution >= 4 is 22.1 Å². The molecular formula is C14H16N2O6S. The van der Waals surface area contributed by atoms with E-state index >= 15 is 0 Å². The fraction of sp³-hybridized carbons (Fsp3) is 0.429. The maximum Gasteiger partial charge on any atom is 0.328 e. The van der Waals surface area contributed by atoms with Crippen molar-refractivity contribution < 1.29 is 27.8 Å². The van der Waals surface area contributed by atoms with Crippen LogP contribution in [0, 0.1) is 0 Å². The van der Waals surface area contributed by atoms with E-state index in [1.165, 1.54) is 18.2 Å². The molecule has 2 aliphatic rings. The number of fused-ring (bicyclic) bond motifs is 1. The second-order valence-corrected chi connectivity index (χ2v) is 7.17. The van der Waals surface area contributed by atoms with Gasteiger partial charge in [0, 0.05) is 18.9 Å². The Bertz CT molecular complexity index is 753. The summed E-state index contributed by atoms with van der Waals surface area (Å²) in [4.78, 5) is 14.7. The van der Waals surface area contributed by atoms with Gasteiger partial charge >= 0.3 is 5.97 Å². The summed E-state index contributed by atoms with van der Waals surface area (Å²) in [6.07, 6.45) is 3.31. The number of carboxylic acid groups (broad SMARTS) is 1. The van der Waals surface area contributed by atoms with E-state index in [1.807, 2.05) is 0 Å². The van der Waals surface area contributed by atoms with Gasteiger partial charge in [0.25, 0.3) is 0 Å². The molecule has 0 bridgehead atoms. The Balaban J connectivity index is 2.02. The van der Waals surface area contributed by atoms with Gasteiger partial charge in [0.05, 0.1) is 25.5 Å². The summed E-state index contributed by atoms with van der Waals surface area (Å²) in [5, 5.41) is 8.67. The van der Waals surface area contributed by atoms with Gasteiger partial charge in [0.2, 0.25) is 15.9 Å². The number of ether oxygens (including phenoxy) is 2. The molecule has 0 saturated carbocycles. The Morgan fingerprint density at radius 2 is 2.09 bits per heavy atom. The molecule has 1 saturated heterocycles. The van der Waals surface area contributed by atoms with Gasteiger partial charge in [0.15, 0.2) is 0 Å². The lowest BCUT2D eigenvalue weighted by molar-refractivity contribution is -0.131. The number of rotatable bonds is 2. The Morgan fingerprint density at radius 3 is 2.78 bits per heavy atom. The number of carbonyl (C=O) groups is 1.